The summed E-state index contributed by atoms with van der Waals surface area (Å²) in [5, 5.41) is 12.4. The summed E-state index contributed by atoms with van der Waals surface area (Å²) in [6.07, 6.45) is 2.99. The number of aliphatic carboxylic acids is 1. The molecule has 0 fully saturated rings. The number of ketones is 1. The largest absolute Gasteiger partial charge is 0.481 e. The van der Waals surface area contributed by atoms with Crippen LogP contribution in [-0.2, 0) is 16.0 Å². The van der Waals surface area contributed by atoms with Gasteiger partial charge in [-0.15, -0.1) is 0 Å². The first-order chi connectivity index (χ1) is 16.9. The Bertz CT molecular complexity index is 1140. The number of halogens is 1. The van der Waals surface area contributed by atoms with Crippen molar-refractivity contribution in [3.05, 3.63) is 89.7 Å². The molecule has 0 aliphatic carbocycles. The number of hydrogen-bond donors (Lipinski definition) is 2. The molecule has 0 aliphatic heterocycles. The maximum atomic E-state index is 13.1. The van der Waals surface area contributed by atoms with Crippen molar-refractivity contribution in [3.8, 4) is 11.1 Å². The number of carboxylic acids is 1. The van der Waals surface area contributed by atoms with Crippen molar-refractivity contribution >= 4 is 23.3 Å². The van der Waals surface area contributed by atoms with Gasteiger partial charge in [-0.2, -0.15) is 0 Å². The fraction of sp³-hybridized carbons (Fsp3) is 0.276. The molecular weight excluding hydrogens is 445 g/mol. The predicted octanol–water partition coefficient (Wildman–Crippen LogP) is 6.53. The molecular formula is C29H30FNO4. The molecule has 0 spiro atoms. The lowest BCUT2D eigenvalue weighted by molar-refractivity contribution is -0.141. The fourth-order valence-corrected chi connectivity index (χ4v) is 3.80. The van der Waals surface area contributed by atoms with E-state index < -0.39 is 11.9 Å². The van der Waals surface area contributed by atoms with Crippen LogP contribution in [0.3, 0.4) is 0 Å². The van der Waals surface area contributed by atoms with Crippen molar-refractivity contribution in [1.29, 1.82) is 0 Å². The lowest BCUT2D eigenvalue weighted by atomic mass is 9.92. The van der Waals surface area contributed by atoms with E-state index in [2.05, 4.69) is 5.32 Å². The van der Waals surface area contributed by atoms with Gasteiger partial charge in [0.25, 0.3) is 0 Å². The van der Waals surface area contributed by atoms with Crippen LogP contribution < -0.4 is 5.32 Å². The molecule has 1 amide bonds. The second kappa shape index (κ2) is 12.6. The van der Waals surface area contributed by atoms with Crippen LogP contribution in [-0.4, -0.2) is 22.8 Å². The SMILES string of the molecule is CCCCC(=O)Nc1ccc(-c2ccc(C(=O)CC(CCc3ccc(F)cc3)C(=O)O)cc2)cc1. The van der Waals surface area contributed by atoms with Gasteiger partial charge in [-0.1, -0.05) is 61.9 Å². The molecule has 0 aromatic heterocycles. The highest BCUT2D eigenvalue weighted by atomic mass is 19.1. The lowest BCUT2D eigenvalue weighted by Gasteiger charge is -2.12. The summed E-state index contributed by atoms with van der Waals surface area (Å²) in [7, 11) is 0. The molecule has 0 bridgehead atoms. The van der Waals surface area contributed by atoms with Crippen LogP contribution in [0.15, 0.2) is 72.8 Å². The Morgan fingerprint density at radius 1 is 0.886 bits per heavy atom. The van der Waals surface area contributed by atoms with Gasteiger partial charge in [-0.05, 0) is 60.2 Å². The van der Waals surface area contributed by atoms with Gasteiger partial charge < -0.3 is 10.4 Å². The number of benzene rings is 3. The molecule has 0 saturated heterocycles. The number of rotatable bonds is 12. The zero-order valence-electron chi connectivity index (χ0n) is 19.8. The summed E-state index contributed by atoms with van der Waals surface area (Å²) in [4.78, 5) is 36.3. The molecule has 35 heavy (non-hydrogen) atoms. The standard InChI is InChI=1S/C29H30FNO4/c1-2-3-4-28(33)31-26-17-13-22(14-18-26)21-9-11-23(12-10-21)27(32)19-24(29(34)35)8-5-20-6-15-25(30)16-7-20/h6-7,9-18,24H,2-5,8,19H2,1H3,(H,31,33)(H,34,35). The molecule has 3 aromatic carbocycles. The molecule has 0 radical (unpaired) electrons. The number of Topliss-reactive ketones (excluding diaryl/α,β-unsaturated/α-hetero) is 1. The van der Waals surface area contributed by atoms with Crippen molar-refractivity contribution in [1.82, 2.24) is 0 Å². The summed E-state index contributed by atoms with van der Waals surface area (Å²) in [5.41, 5.74) is 3.89. The van der Waals surface area contributed by atoms with Crippen LogP contribution in [0, 0.1) is 11.7 Å². The van der Waals surface area contributed by atoms with Crippen LogP contribution in [0.2, 0.25) is 0 Å². The van der Waals surface area contributed by atoms with Gasteiger partial charge in [0.1, 0.15) is 5.82 Å². The van der Waals surface area contributed by atoms with Crippen molar-refractivity contribution in [2.75, 3.05) is 5.32 Å². The van der Waals surface area contributed by atoms with Gasteiger partial charge in [0.05, 0.1) is 5.92 Å². The second-order valence-electron chi connectivity index (χ2n) is 8.63. The number of aryl methyl sites for hydroxylation is 1. The average Bonchev–Trinajstić information content (AvgIpc) is 2.86. The van der Waals surface area contributed by atoms with E-state index in [-0.39, 0.29) is 23.9 Å². The fourth-order valence-electron chi connectivity index (χ4n) is 3.80. The highest BCUT2D eigenvalue weighted by molar-refractivity contribution is 5.98. The van der Waals surface area contributed by atoms with Crippen LogP contribution in [0.5, 0.6) is 0 Å². The summed E-state index contributed by atoms with van der Waals surface area (Å²) in [6, 6.07) is 20.5. The molecule has 182 valence electrons. The van der Waals surface area contributed by atoms with E-state index in [1.165, 1.54) is 12.1 Å². The number of carbonyl (C=O) groups is 3. The molecule has 2 N–H and O–H groups in total. The van der Waals surface area contributed by atoms with Crippen molar-refractivity contribution in [3.63, 3.8) is 0 Å². The Kier molecular flexibility index (Phi) is 9.30. The zero-order valence-corrected chi connectivity index (χ0v) is 19.8. The van der Waals surface area contributed by atoms with Gasteiger partial charge >= 0.3 is 5.97 Å². The summed E-state index contributed by atoms with van der Waals surface area (Å²) >= 11 is 0. The van der Waals surface area contributed by atoms with E-state index >= 15 is 0 Å². The Morgan fingerprint density at radius 2 is 1.49 bits per heavy atom. The first-order valence-corrected chi connectivity index (χ1v) is 11.9. The van der Waals surface area contributed by atoms with Gasteiger partial charge in [0.15, 0.2) is 5.78 Å². The first-order valence-electron chi connectivity index (χ1n) is 11.9. The highest BCUT2D eigenvalue weighted by Crippen LogP contribution is 2.24. The minimum Gasteiger partial charge on any atom is -0.481 e. The van der Waals surface area contributed by atoms with E-state index in [4.69, 9.17) is 0 Å². The number of nitrogens with one attached hydrogen (secondary N) is 1. The number of hydrogen-bond acceptors (Lipinski definition) is 3. The second-order valence-corrected chi connectivity index (χ2v) is 8.63. The molecule has 0 heterocycles. The van der Waals surface area contributed by atoms with Crippen LogP contribution >= 0.6 is 0 Å². The minimum absolute atomic E-state index is 0.000189. The van der Waals surface area contributed by atoms with Gasteiger partial charge in [-0.3, -0.25) is 14.4 Å². The predicted molar refractivity (Wildman–Crippen MR) is 135 cm³/mol. The molecule has 3 rings (SSSR count). The molecule has 3 aromatic rings. The number of anilines is 1. The van der Waals surface area contributed by atoms with Gasteiger partial charge in [0, 0.05) is 24.1 Å². The number of carboxylic acid groups (broad SMARTS) is 1. The molecule has 0 aliphatic rings. The van der Waals surface area contributed by atoms with Crippen LogP contribution in [0.1, 0.15) is 54.9 Å². The van der Waals surface area contributed by atoms with E-state index in [0.717, 1.165) is 35.2 Å². The van der Waals surface area contributed by atoms with Crippen LogP contribution in [0.4, 0.5) is 10.1 Å². The van der Waals surface area contributed by atoms with Crippen molar-refractivity contribution in [2.45, 2.75) is 45.4 Å². The van der Waals surface area contributed by atoms with E-state index in [1.807, 2.05) is 43.3 Å². The molecule has 1 unspecified atom stereocenters. The van der Waals surface area contributed by atoms with E-state index in [9.17, 15) is 23.9 Å². The molecule has 1 atom stereocenters. The Balaban J connectivity index is 1.58. The van der Waals surface area contributed by atoms with Crippen molar-refractivity contribution < 1.29 is 23.9 Å². The third-order valence-electron chi connectivity index (χ3n) is 5.94. The smallest absolute Gasteiger partial charge is 0.306 e. The van der Waals surface area contributed by atoms with Crippen molar-refractivity contribution in [2.24, 2.45) is 5.92 Å². The average molecular weight is 476 g/mol. The highest BCUT2D eigenvalue weighted by Gasteiger charge is 2.22. The monoisotopic (exact) mass is 475 g/mol. The summed E-state index contributed by atoms with van der Waals surface area (Å²) < 4.78 is 13.1. The van der Waals surface area contributed by atoms with Gasteiger partial charge in [0.2, 0.25) is 5.91 Å². The Labute approximate surface area is 205 Å². The third kappa shape index (κ3) is 7.88. The minimum atomic E-state index is -1.01. The Hall–Kier alpha value is -3.80. The Morgan fingerprint density at radius 3 is 2.06 bits per heavy atom. The molecule has 6 heteroatoms. The van der Waals surface area contributed by atoms with E-state index in [1.54, 1.807) is 24.3 Å². The summed E-state index contributed by atoms with van der Waals surface area (Å²) in [5.74, 6) is -2.40. The van der Waals surface area contributed by atoms with E-state index in [0.29, 0.717) is 24.8 Å². The summed E-state index contributed by atoms with van der Waals surface area (Å²) in [6.45, 7) is 2.04. The maximum absolute atomic E-state index is 13.1. The quantitative estimate of drug-likeness (QED) is 0.292. The molecule has 5 nitrogen and oxygen atoms in total. The third-order valence-corrected chi connectivity index (χ3v) is 5.94. The molecule has 0 saturated carbocycles. The maximum Gasteiger partial charge on any atom is 0.306 e. The zero-order chi connectivity index (χ0) is 25.2. The van der Waals surface area contributed by atoms with Gasteiger partial charge in [-0.25, -0.2) is 4.39 Å². The normalized spacial score (nSPS) is 11.6. The first kappa shape index (κ1) is 25.8. The number of unbranched alkanes of at least 4 members (excludes halogenated alkanes) is 1. The van der Waals surface area contributed by atoms with Crippen LogP contribution in [0.25, 0.3) is 11.1 Å². The number of carbonyl (C=O) groups excluding carboxylic acids is 2. The lowest BCUT2D eigenvalue weighted by Crippen LogP contribution is -2.19. The topological polar surface area (TPSA) is 83.5 Å². The number of amides is 1.